The van der Waals surface area contributed by atoms with Crippen molar-refractivity contribution in [2.75, 3.05) is 18.0 Å². The molecule has 5 heteroatoms. The largest absolute Gasteiger partial charge is 0.364 e. The Labute approximate surface area is 105 Å². The molecule has 1 aromatic rings. The van der Waals surface area contributed by atoms with E-state index in [0.717, 1.165) is 25.9 Å². The lowest BCUT2D eigenvalue weighted by molar-refractivity contribution is -0.384. The molecule has 2 fully saturated rings. The Morgan fingerprint density at radius 3 is 2.44 bits per heavy atom. The van der Waals surface area contributed by atoms with Crippen LogP contribution in [0.25, 0.3) is 0 Å². The van der Waals surface area contributed by atoms with Crippen molar-refractivity contribution in [2.24, 2.45) is 5.41 Å². The van der Waals surface area contributed by atoms with Crippen LogP contribution < -0.4 is 4.90 Å². The van der Waals surface area contributed by atoms with Crippen LogP contribution in [0.5, 0.6) is 0 Å². The number of hydrogen-bond donors (Lipinski definition) is 0. The fourth-order valence-corrected chi connectivity index (χ4v) is 2.85. The second kappa shape index (κ2) is 3.93. The number of piperidine rings is 1. The molecule has 18 heavy (non-hydrogen) atoms. The number of nitro groups is 1. The quantitative estimate of drug-likeness (QED) is 0.598. The van der Waals surface area contributed by atoms with E-state index in [4.69, 9.17) is 0 Å². The molecule has 4 nitrogen and oxygen atoms in total. The van der Waals surface area contributed by atoms with Crippen molar-refractivity contribution in [3.8, 4) is 0 Å². The fourth-order valence-electron chi connectivity index (χ4n) is 2.85. The first-order chi connectivity index (χ1) is 8.61. The number of halogens is 1. The van der Waals surface area contributed by atoms with Gasteiger partial charge < -0.3 is 4.90 Å². The first-order valence-corrected chi connectivity index (χ1v) is 6.29. The number of hydrogen-bond acceptors (Lipinski definition) is 3. The van der Waals surface area contributed by atoms with E-state index in [1.54, 1.807) is 0 Å². The van der Waals surface area contributed by atoms with Crippen LogP contribution in [0, 0.1) is 21.3 Å². The van der Waals surface area contributed by atoms with Gasteiger partial charge in [-0.2, -0.15) is 0 Å². The Morgan fingerprint density at radius 2 is 1.89 bits per heavy atom. The highest BCUT2D eigenvalue weighted by Crippen LogP contribution is 2.54. The number of para-hydroxylation sites is 1. The van der Waals surface area contributed by atoms with E-state index in [-0.39, 0.29) is 11.4 Å². The Kier molecular flexibility index (Phi) is 2.50. The molecule has 96 valence electrons. The van der Waals surface area contributed by atoms with Crippen LogP contribution in [-0.2, 0) is 0 Å². The van der Waals surface area contributed by atoms with E-state index < -0.39 is 10.7 Å². The van der Waals surface area contributed by atoms with Crippen molar-refractivity contribution < 1.29 is 9.31 Å². The standard InChI is InChI=1S/C13H15FN2O2/c14-10-2-1-3-11(16(17)18)12(10)15-8-6-13(4-5-13)7-9-15/h1-3H,4-9H2. The third kappa shape index (κ3) is 1.83. The van der Waals surface area contributed by atoms with Crippen LogP contribution >= 0.6 is 0 Å². The van der Waals surface area contributed by atoms with Crippen LogP contribution in [-0.4, -0.2) is 18.0 Å². The average molecular weight is 250 g/mol. The minimum absolute atomic E-state index is 0.123. The smallest absolute Gasteiger partial charge is 0.295 e. The predicted molar refractivity (Wildman–Crippen MR) is 66.2 cm³/mol. The molecule has 1 aliphatic carbocycles. The molecule has 0 amide bonds. The molecule has 1 saturated heterocycles. The van der Waals surface area contributed by atoms with Gasteiger partial charge >= 0.3 is 0 Å². The van der Waals surface area contributed by atoms with Gasteiger partial charge in [0.25, 0.3) is 5.69 Å². The zero-order chi connectivity index (χ0) is 12.8. The van der Waals surface area contributed by atoms with Crippen molar-refractivity contribution in [3.05, 3.63) is 34.1 Å². The summed E-state index contributed by atoms with van der Waals surface area (Å²) in [5.74, 6) is -0.490. The number of anilines is 1. The summed E-state index contributed by atoms with van der Waals surface area (Å²) in [4.78, 5) is 12.3. The summed E-state index contributed by atoms with van der Waals surface area (Å²) < 4.78 is 13.9. The van der Waals surface area contributed by atoms with Gasteiger partial charge in [-0.05, 0) is 37.2 Å². The second-order valence-corrected chi connectivity index (χ2v) is 5.35. The molecule has 1 aromatic carbocycles. The molecular formula is C13H15FN2O2. The topological polar surface area (TPSA) is 46.4 Å². The minimum Gasteiger partial charge on any atom is -0.364 e. The summed E-state index contributed by atoms with van der Waals surface area (Å²) in [5.41, 5.74) is 0.524. The van der Waals surface area contributed by atoms with Gasteiger partial charge in [-0.25, -0.2) is 4.39 Å². The maximum atomic E-state index is 13.9. The van der Waals surface area contributed by atoms with Crippen LogP contribution in [0.1, 0.15) is 25.7 Å². The molecule has 1 heterocycles. The molecule has 0 N–H and O–H groups in total. The molecule has 1 saturated carbocycles. The molecule has 0 bridgehead atoms. The van der Waals surface area contributed by atoms with E-state index in [2.05, 4.69) is 0 Å². The van der Waals surface area contributed by atoms with Crippen molar-refractivity contribution in [1.29, 1.82) is 0 Å². The van der Waals surface area contributed by atoms with Gasteiger partial charge in [0.05, 0.1) is 4.92 Å². The summed E-state index contributed by atoms with van der Waals surface area (Å²) in [7, 11) is 0. The highest BCUT2D eigenvalue weighted by atomic mass is 19.1. The van der Waals surface area contributed by atoms with Gasteiger partial charge in [0.1, 0.15) is 0 Å². The van der Waals surface area contributed by atoms with E-state index in [1.165, 1.54) is 31.0 Å². The lowest BCUT2D eigenvalue weighted by atomic mass is 9.93. The lowest BCUT2D eigenvalue weighted by Crippen LogP contribution is -2.35. The molecule has 0 unspecified atom stereocenters. The number of rotatable bonds is 2. The number of nitro benzene ring substituents is 1. The van der Waals surface area contributed by atoms with Crippen molar-refractivity contribution in [1.82, 2.24) is 0 Å². The monoisotopic (exact) mass is 250 g/mol. The van der Waals surface area contributed by atoms with Gasteiger partial charge in [0, 0.05) is 19.2 Å². The lowest BCUT2D eigenvalue weighted by Gasteiger charge is -2.33. The van der Waals surface area contributed by atoms with Gasteiger partial charge in [-0.1, -0.05) is 6.07 Å². The summed E-state index contributed by atoms with van der Waals surface area (Å²) in [6.07, 6.45) is 4.58. The van der Waals surface area contributed by atoms with Gasteiger partial charge in [0.15, 0.2) is 11.5 Å². The first kappa shape index (κ1) is 11.4. The third-order valence-corrected chi connectivity index (χ3v) is 4.26. The molecular weight excluding hydrogens is 235 g/mol. The maximum absolute atomic E-state index is 13.9. The maximum Gasteiger partial charge on any atom is 0.295 e. The molecule has 0 aromatic heterocycles. The summed E-state index contributed by atoms with van der Waals surface area (Å²) in [6.45, 7) is 1.45. The summed E-state index contributed by atoms with van der Waals surface area (Å²) in [5, 5.41) is 11.0. The number of nitrogens with zero attached hydrogens (tertiary/aromatic N) is 2. The molecule has 3 rings (SSSR count). The SMILES string of the molecule is O=[N+]([O-])c1cccc(F)c1N1CCC2(CC1)CC2. The van der Waals surface area contributed by atoms with E-state index in [9.17, 15) is 14.5 Å². The van der Waals surface area contributed by atoms with E-state index in [1.807, 2.05) is 4.90 Å². The normalized spacial score (nSPS) is 21.1. The second-order valence-electron chi connectivity index (χ2n) is 5.35. The molecule has 1 spiro atoms. The Balaban J connectivity index is 1.89. The zero-order valence-electron chi connectivity index (χ0n) is 10.1. The number of benzene rings is 1. The zero-order valence-corrected chi connectivity index (χ0v) is 10.1. The van der Waals surface area contributed by atoms with E-state index >= 15 is 0 Å². The van der Waals surface area contributed by atoms with Crippen LogP contribution in [0.3, 0.4) is 0 Å². The average Bonchev–Trinajstić information content (AvgIpc) is 3.10. The minimum atomic E-state index is -0.500. The van der Waals surface area contributed by atoms with Crippen LogP contribution in [0.15, 0.2) is 18.2 Å². The molecule has 1 aliphatic heterocycles. The molecule has 0 atom stereocenters. The highest BCUT2D eigenvalue weighted by Gasteiger charge is 2.45. The summed E-state index contributed by atoms with van der Waals surface area (Å²) in [6, 6.07) is 4.06. The Morgan fingerprint density at radius 1 is 1.22 bits per heavy atom. The fraction of sp³-hybridized carbons (Fsp3) is 0.538. The van der Waals surface area contributed by atoms with Gasteiger partial charge in [0.2, 0.25) is 0 Å². The Hall–Kier alpha value is -1.65. The first-order valence-electron chi connectivity index (χ1n) is 6.29. The predicted octanol–water partition coefficient (Wildman–Crippen LogP) is 3.11. The van der Waals surface area contributed by atoms with Crippen molar-refractivity contribution in [2.45, 2.75) is 25.7 Å². The van der Waals surface area contributed by atoms with Crippen molar-refractivity contribution in [3.63, 3.8) is 0 Å². The van der Waals surface area contributed by atoms with Gasteiger partial charge in [-0.3, -0.25) is 10.1 Å². The third-order valence-electron chi connectivity index (χ3n) is 4.26. The Bertz CT molecular complexity index is 490. The highest BCUT2D eigenvalue weighted by molar-refractivity contribution is 5.64. The molecule has 2 aliphatic rings. The van der Waals surface area contributed by atoms with Crippen molar-refractivity contribution >= 4 is 11.4 Å². The molecule has 0 radical (unpaired) electrons. The van der Waals surface area contributed by atoms with E-state index in [0.29, 0.717) is 5.41 Å². The summed E-state index contributed by atoms with van der Waals surface area (Å²) >= 11 is 0. The van der Waals surface area contributed by atoms with Crippen LogP contribution in [0.4, 0.5) is 15.8 Å². The van der Waals surface area contributed by atoms with Gasteiger partial charge in [-0.15, -0.1) is 0 Å². The van der Waals surface area contributed by atoms with Crippen LogP contribution in [0.2, 0.25) is 0 Å².